The highest BCUT2D eigenvalue weighted by Crippen LogP contribution is 2.42. The lowest BCUT2D eigenvalue weighted by atomic mass is 10.2. The van der Waals surface area contributed by atoms with Crippen LogP contribution in [0.2, 0.25) is 0 Å². The maximum Gasteiger partial charge on any atom is 0.332 e. The molecule has 21 heavy (non-hydrogen) atoms. The molecule has 0 atom stereocenters. The van der Waals surface area contributed by atoms with E-state index in [-0.39, 0.29) is 6.10 Å². The van der Waals surface area contributed by atoms with E-state index in [0.29, 0.717) is 28.1 Å². The predicted molar refractivity (Wildman–Crippen MR) is 89.1 cm³/mol. The van der Waals surface area contributed by atoms with Gasteiger partial charge in [0.2, 0.25) is 0 Å². The summed E-state index contributed by atoms with van der Waals surface area (Å²) >= 11 is 6.93. The van der Waals surface area contributed by atoms with Crippen molar-refractivity contribution in [2.24, 2.45) is 10.8 Å². The fourth-order valence-corrected chi connectivity index (χ4v) is 2.39. The summed E-state index contributed by atoms with van der Waals surface area (Å²) < 4.78 is 12.8. The maximum absolute atomic E-state index is 10.6. The second-order valence-electron chi connectivity index (χ2n) is 4.25. The van der Waals surface area contributed by atoms with Crippen LogP contribution in [-0.2, 0) is 0 Å². The average molecular weight is 423 g/mol. The Balaban J connectivity index is 3.22. The van der Waals surface area contributed by atoms with Crippen molar-refractivity contribution in [3.05, 3.63) is 20.6 Å². The lowest BCUT2D eigenvalue weighted by Crippen LogP contribution is -2.24. The van der Waals surface area contributed by atoms with E-state index in [1.54, 1.807) is 6.07 Å². The number of carbonyl (C=O) groups excluding carboxylic acids is 1. The number of hydrazone groups is 1. The molecule has 2 amide bonds. The molecule has 1 aromatic rings. The quantitative estimate of drug-likeness (QED) is 0.544. The zero-order valence-electron chi connectivity index (χ0n) is 11.9. The zero-order chi connectivity index (χ0) is 16.0. The van der Waals surface area contributed by atoms with Gasteiger partial charge in [0.25, 0.3) is 0 Å². The van der Waals surface area contributed by atoms with Gasteiger partial charge in [-0.25, -0.2) is 10.2 Å². The van der Waals surface area contributed by atoms with Crippen LogP contribution in [-0.4, -0.2) is 25.0 Å². The largest absolute Gasteiger partial charge is 0.490 e. The van der Waals surface area contributed by atoms with Crippen molar-refractivity contribution in [1.82, 2.24) is 5.43 Å². The molecule has 0 saturated carbocycles. The number of carbonyl (C=O) groups is 1. The molecule has 0 unspecified atom stereocenters. The number of benzene rings is 1. The zero-order valence-corrected chi connectivity index (χ0v) is 15.1. The number of nitrogens with one attached hydrogen (secondary N) is 1. The highest BCUT2D eigenvalue weighted by Gasteiger charge is 2.17. The van der Waals surface area contributed by atoms with E-state index in [9.17, 15) is 4.79 Å². The molecule has 8 heteroatoms. The summed E-state index contributed by atoms with van der Waals surface area (Å²) in [7, 11) is 0. The molecular weight excluding hydrogens is 406 g/mol. The molecule has 0 aliphatic carbocycles. The van der Waals surface area contributed by atoms with Gasteiger partial charge in [0.1, 0.15) is 0 Å². The molecule has 0 aliphatic rings. The van der Waals surface area contributed by atoms with Gasteiger partial charge in [0.15, 0.2) is 11.5 Å². The minimum atomic E-state index is -0.730. The number of nitrogens with zero attached hydrogens (tertiary/aromatic N) is 1. The van der Waals surface area contributed by atoms with E-state index in [0.717, 1.165) is 4.47 Å². The van der Waals surface area contributed by atoms with Crippen molar-refractivity contribution < 1.29 is 14.3 Å². The Morgan fingerprint density at radius 3 is 2.67 bits per heavy atom. The molecule has 3 N–H and O–H groups in total. The molecule has 0 spiro atoms. The van der Waals surface area contributed by atoms with Crippen molar-refractivity contribution in [3.63, 3.8) is 0 Å². The summed E-state index contributed by atoms with van der Waals surface area (Å²) in [6.45, 7) is 6.25. The average Bonchev–Trinajstić information content (AvgIpc) is 2.39. The molecule has 0 aromatic heterocycles. The number of ether oxygens (including phenoxy) is 2. The molecule has 116 valence electrons. The third-order valence-electron chi connectivity index (χ3n) is 2.19. The molecular formula is C13H17Br2N3O3. The predicted octanol–water partition coefficient (Wildman–Crippen LogP) is 3.40. The number of hydrogen-bond donors (Lipinski definition) is 2. The van der Waals surface area contributed by atoms with Crippen molar-refractivity contribution >= 4 is 44.1 Å². The van der Waals surface area contributed by atoms with E-state index >= 15 is 0 Å². The number of nitrogens with two attached hydrogens (primary N) is 1. The SMILES string of the molecule is CCOc1cc(C=NNC(N)=O)c(Br)c(Br)c1OC(C)C. The van der Waals surface area contributed by atoms with Crippen molar-refractivity contribution in [3.8, 4) is 11.5 Å². The smallest absolute Gasteiger partial charge is 0.332 e. The van der Waals surface area contributed by atoms with Crippen LogP contribution < -0.4 is 20.6 Å². The molecule has 6 nitrogen and oxygen atoms in total. The van der Waals surface area contributed by atoms with E-state index in [2.05, 4.69) is 42.4 Å². The van der Waals surface area contributed by atoms with Gasteiger partial charge in [0.05, 0.1) is 23.4 Å². The minimum Gasteiger partial charge on any atom is -0.490 e. The second kappa shape index (κ2) is 8.23. The van der Waals surface area contributed by atoms with Crippen LogP contribution in [0.5, 0.6) is 11.5 Å². The van der Waals surface area contributed by atoms with Crippen molar-refractivity contribution in [2.45, 2.75) is 26.9 Å². The van der Waals surface area contributed by atoms with Gasteiger partial charge in [-0.3, -0.25) is 0 Å². The van der Waals surface area contributed by atoms with Gasteiger partial charge in [-0.1, -0.05) is 0 Å². The molecule has 0 saturated heterocycles. The highest BCUT2D eigenvalue weighted by molar-refractivity contribution is 9.13. The molecule has 1 aromatic carbocycles. The fraction of sp³-hybridized carbons (Fsp3) is 0.385. The number of halogens is 2. The lowest BCUT2D eigenvalue weighted by molar-refractivity contribution is 0.222. The fourth-order valence-electron chi connectivity index (χ4n) is 1.47. The van der Waals surface area contributed by atoms with Crippen molar-refractivity contribution in [2.75, 3.05) is 6.61 Å². The molecule has 0 heterocycles. The van der Waals surface area contributed by atoms with E-state index < -0.39 is 6.03 Å². The maximum atomic E-state index is 10.6. The standard InChI is InChI=1S/C13H17Br2N3O3/c1-4-20-9-5-8(6-17-18-13(16)19)10(14)11(15)12(9)21-7(2)3/h5-7H,4H2,1-3H3,(H3,16,18,19). The number of rotatable bonds is 6. The number of primary amides is 1. The number of urea groups is 1. The summed E-state index contributed by atoms with van der Waals surface area (Å²) in [6.07, 6.45) is 1.46. The van der Waals surface area contributed by atoms with Gasteiger partial charge in [-0.2, -0.15) is 5.10 Å². The Hall–Kier alpha value is -1.28. The van der Waals surface area contributed by atoms with Crippen LogP contribution in [0.4, 0.5) is 4.79 Å². The van der Waals surface area contributed by atoms with E-state index in [4.69, 9.17) is 15.2 Å². The van der Waals surface area contributed by atoms with Gasteiger partial charge in [-0.15, -0.1) is 0 Å². The summed E-state index contributed by atoms with van der Waals surface area (Å²) in [5.41, 5.74) is 7.79. The number of amides is 2. The summed E-state index contributed by atoms with van der Waals surface area (Å²) in [6, 6.07) is 1.04. The molecule has 0 fully saturated rings. The topological polar surface area (TPSA) is 85.9 Å². The summed E-state index contributed by atoms with van der Waals surface area (Å²) in [4.78, 5) is 10.6. The Morgan fingerprint density at radius 2 is 2.14 bits per heavy atom. The molecule has 1 rings (SSSR count). The van der Waals surface area contributed by atoms with E-state index in [1.807, 2.05) is 20.8 Å². The van der Waals surface area contributed by atoms with Crippen LogP contribution >= 0.6 is 31.9 Å². The van der Waals surface area contributed by atoms with Crippen LogP contribution in [0.15, 0.2) is 20.1 Å². The Kier molecular flexibility index (Phi) is 6.97. The summed E-state index contributed by atoms with van der Waals surface area (Å²) in [5, 5.41) is 3.74. The first-order valence-electron chi connectivity index (χ1n) is 6.26. The van der Waals surface area contributed by atoms with Gasteiger partial charge >= 0.3 is 6.03 Å². The van der Waals surface area contributed by atoms with Crippen molar-refractivity contribution in [1.29, 1.82) is 0 Å². The van der Waals surface area contributed by atoms with Gasteiger partial charge < -0.3 is 15.2 Å². The highest BCUT2D eigenvalue weighted by atomic mass is 79.9. The minimum absolute atomic E-state index is 0.00320. The first-order valence-corrected chi connectivity index (χ1v) is 7.85. The molecule has 0 radical (unpaired) electrons. The number of hydrogen-bond acceptors (Lipinski definition) is 4. The van der Waals surface area contributed by atoms with Crippen LogP contribution in [0, 0.1) is 0 Å². The Bertz CT molecular complexity index is 548. The van der Waals surface area contributed by atoms with Crippen LogP contribution in [0.3, 0.4) is 0 Å². The lowest BCUT2D eigenvalue weighted by Gasteiger charge is -2.18. The second-order valence-corrected chi connectivity index (χ2v) is 5.84. The van der Waals surface area contributed by atoms with E-state index in [1.165, 1.54) is 6.21 Å². The van der Waals surface area contributed by atoms with Crippen LogP contribution in [0.1, 0.15) is 26.3 Å². The van der Waals surface area contributed by atoms with Gasteiger partial charge in [-0.05, 0) is 58.7 Å². The first-order chi connectivity index (χ1) is 9.86. The normalized spacial score (nSPS) is 11.0. The Labute approximate surface area is 140 Å². The molecule has 0 aliphatic heterocycles. The third kappa shape index (κ3) is 5.20. The third-order valence-corrected chi connectivity index (χ3v) is 4.33. The van der Waals surface area contributed by atoms with Crippen LogP contribution in [0.25, 0.3) is 0 Å². The van der Waals surface area contributed by atoms with Gasteiger partial charge in [0, 0.05) is 10.0 Å². The molecule has 0 bridgehead atoms. The summed E-state index contributed by atoms with van der Waals surface area (Å²) in [5.74, 6) is 1.19. The Morgan fingerprint density at radius 1 is 1.48 bits per heavy atom. The monoisotopic (exact) mass is 421 g/mol. The first kappa shape index (κ1) is 17.8.